The van der Waals surface area contributed by atoms with Crippen LogP contribution in [0.1, 0.15) is 18.2 Å². The lowest BCUT2D eigenvalue weighted by Crippen LogP contribution is -2.24. The van der Waals surface area contributed by atoms with Gasteiger partial charge in [0.15, 0.2) is 4.96 Å². The maximum atomic E-state index is 10.5. The second kappa shape index (κ2) is 4.19. The summed E-state index contributed by atoms with van der Waals surface area (Å²) in [7, 11) is 0. The minimum Gasteiger partial charge on any atom is -0.385 e. The summed E-state index contributed by atoms with van der Waals surface area (Å²) in [6.07, 6.45) is 7.80. The Morgan fingerprint density at radius 3 is 3.11 bits per heavy atom. The van der Waals surface area contributed by atoms with E-state index in [0.29, 0.717) is 6.42 Å². The highest BCUT2D eigenvalue weighted by molar-refractivity contribution is 7.15. The van der Waals surface area contributed by atoms with Gasteiger partial charge in [-0.05, 0) is 13.0 Å². The molecule has 3 aromatic rings. The van der Waals surface area contributed by atoms with Gasteiger partial charge in [-0.25, -0.2) is 4.98 Å². The molecule has 0 spiro atoms. The second-order valence-corrected chi connectivity index (χ2v) is 5.39. The van der Waals surface area contributed by atoms with E-state index in [1.54, 1.807) is 30.7 Å². The first-order chi connectivity index (χ1) is 8.65. The molecular weight excluding hydrogens is 246 g/mol. The van der Waals surface area contributed by atoms with Gasteiger partial charge in [0, 0.05) is 42.2 Å². The predicted octanol–water partition coefficient (Wildman–Crippen LogP) is 2.24. The van der Waals surface area contributed by atoms with Gasteiger partial charge in [-0.15, -0.1) is 11.3 Å². The summed E-state index contributed by atoms with van der Waals surface area (Å²) in [4.78, 5) is 9.48. The largest absolute Gasteiger partial charge is 0.385 e. The Bertz CT molecular complexity index is 628. The molecule has 0 saturated carbocycles. The van der Waals surface area contributed by atoms with E-state index in [2.05, 4.69) is 9.97 Å². The minimum atomic E-state index is -0.946. The van der Waals surface area contributed by atoms with Crippen molar-refractivity contribution in [3.63, 3.8) is 0 Å². The van der Waals surface area contributed by atoms with Gasteiger partial charge in [-0.3, -0.25) is 9.38 Å². The van der Waals surface area contributed by atoms with Crippen molar-refractivity contribution >= 4 is 16.3 Å². The lowest BCUT2D eigenvalue weighted by Gasteiger charge is -2.22. The molecule has 5 heteroatoms. The highest BCUT2D eigenvalue weighted by Gasteiger charge is 2.25. The summed E-state index contributed by atoms with van der Waals surface area (Å²) in [5.41, 5.74) is 0.746. The first-order valence-electron chi connectivity index (χ1n) is 5.69. The van der Waals surface area contributed by atoms with E-state index >= 15 is 0 Å². The van der Waals surface area contributed by atoms with E-state index in [1.165, 1.54) is 0 Å². The number of hydrogen-bond acceptors (Lipinski definition) is 4. The van der Waals surface area contributed by atoms with Crippen molar-refractivity contribution in [3.8, 4) is 0 Å². The molecule has 0 bridgehead atoms. The van der Waals surface area contributed by atoms with Crippen molar-refractivity contribution in [1.82, 2.24) is 14.4 Å². The van der Waals surface area contributed by atoms with Crippen molar-refractivity contribution in [2.45, 2.75) is 18.9 Å². The third kappa shape index (κ3) is 2.02. The number of thiazole rings is 1. The van der Waals surface area contributed by atoms with Crippen LogP contribution >= 0.6 is 11.3 Å². The average molecular weight is 259 g/mol. The van der Waals surface area contributed by atoms with E-state index in [4.69, 9.17) is 0 Å². The zero-order valence-corrected chi connectivity index (χ0v) is 10.8. The molecule has 3 heterocycles. The van der Waals surface area contributed by atoms with E-state index in [-0.39, 0.29) is 0 Å². The summed E-state index contributed by atoms with van der Waals surface area (Å²) < 4.78 is 1.97. The molecule has 92 valence electrons. The van der Waals surface area contributed by atoms with Crippen LogP contribution < -0.4 is 0 Å². The molecule has 0 aromatic carbocycles. The maximum absolute atomic E-state index is 10.5. The van der Waals surface area contributed by atoms with Crippen LogP contribution in [0, 0.1) is 0 Å². The molecule has 0 aliphatic heterocycles. The lowest BCUT2D eigenvalue weighted by atomic mass is 9.93. The number of hydrogen-bond donors (Lipinski definition) is 1. The highest BCUT2D eigenvalue weighted by Crippen LogP contribution is 2.24. The molecule has 1 unspecified atom stereocenters. The molecule has 0 radical (unpaired) electrons. The van der Waals surface area contributed by atoms with Gasteiger partial charge < -0.3 is 5.11 Å². The molecule has 18 heavy (non-hydrogen) atoms. The fourth-order valence-corrected chi connectivity index (χ4v) is 2.72. The summed E-state index contributed by atoms with van der Waals surface area (Å²) in [5, 5.41) is 12.5. The Morgan fingerprint density at radius 1 is 1.50 bits per heavy atom. The van der Waals surface area contributed by atoms with Crippen LogP contribution in [0.2, 0.25) is 0 Å². The van der Waals surface area contributed by atoms with Gasteiger partial charge in [0.05, 0.1) is 11.3 Å². The van der Waals surface area contributed by atoms with Gasteiger partial charge in [-0.1, -0.05) is 6.07 Å². The standard InChI is InChI=1S/C13H13N3OS/c1-13(17,10-3-2-4-14-8-10)7-11-9-16-5-6-18-12(16)15-11/h2-6,8-9,17H,7H2,1H3. The normalized spacial score (nSPS) is 14.8. The Kier molecular flexibility index (Phi) is 2.65. The van der Waals surface area contributed by atoms with Crippen molar-refractivity contribution in [1.29, 1.82) is 0 Å². The Hall–Kier alpha value is -1.72. The van der Waals surface area contributed by atoms with Gasteiger partial charge in [0.2, 0.25) is 0 Å². The summed E-state index contributed by atoms with van der Waals surface area (Å²) in [6, 6.07) is 3.71. The van der Waals surface area contributed by atoms with E-state index in [9.17, 15) is 5.11 Å². The SMILES string of the molecule is CC(O)(Cc1cn2ccsc2n1)c1cccnc1. The number of aliphatic hydroxyl groups is 1. The molecule has 1 atom stereocenters. The molecule has 0 aliphatic rings. The smallest absolute Gasteiger partial charge is 0.193 e. The van der Waals surface area contributed by atoms with Crippen LogP contribution in [0.15, 0.2) is 42.3 Å². The number of pyridine rings is 1. The van der Waals surface area contributed by atoms with Crippen LogP contribution in [0.3, 0.4) is 0 Å². The van der Waals surface area contributed by atoms with Crippen LogP contribution in [0.4, 0.5) is 0 Å². The number of rotatable bonds is 3. The average Bonchev–Trinajstić information content (AvgIpc) is 2.90. The van der Waals surface area contributed by atoms with Crippen molar-refractivity contribution < 1.29 is 5.11 Å². The third-order valence-electron chi connectivity index (χ3n) is 2.95. The lowest BCUT2D eigenvalue weighted by molar-refractivity contribution is 0.0564. The summed E-state index contributed by atoms with van der Waals surface area (Å²) in [5.74, 6) is 0. The van der Waals surface area contributed by atoms with Crippen molar-refractivity contribution in [3.05, 3.63) is 53.6 Å². The van der Waals surface area contributed by atoms with Crippen molar-refractivity contribution in [2.24, 2.45) is 0 Å². The monoisotopic (exact) mass is 259 g/mol. The number of fused-ring (bicyclic) bond motifs is 1. The summed E-state index contributed by atoms with van der Waals surface area (Å²) >= 11 is 1.59. The van der Waals surface area contributed by atoms with Crippen LogP contribution in [0.25, 0.3) is 4.96 Å². The highest BCUT2D eigenvalue weighted by atomic mass is 32.1. The molecule has 3 rings (SSSR count). The zero-order valence-electron chi connectivity index (χ0n) is 9.95. The fourth-order valence-electron chi connectivity index (χ4n) is 2.00. The zero-order chi connectivity index (χ0) is 12.6. The Morgan fingerprint density at radius 2 is 2.39 bits per heavy atom. The second-order valence-electron chi connectivity index (χ2n) is 4.52. The van der Waals surface area contributed by atoms with Gasteiger partial charge >= 0.3 is 0 Å². The summed E-state index contributed by atoms with van der Waals surface area (Å²) in [6.45, 7) is 1.79. The van der Waals surface area contributed by atoms with Gasteiger partial charge in [0.25, 0.3) is 0 Å². The molecular formula is C13H13N3OS. The molecule has 0 fully saturated rings. The molecule has 1 N–H and O–H groups in total. The van der Waals surface area contributed by atoms with Crippen LogP contribution in [0.5, 0.6) is 0 Å². The van der Waals surface area contributed by atoms with Gasteiger partial charge in [-0.2, -0.15) is 0 Å². The van der Waals surface area contributed by atoms with E-state index in [1.807, 2.05) is 34.3 Å². The molecule has 0 aliphatic carbocycles. The maximum Gasteiger partial charge on any atom is 0.193 e. The van der Waals surface area contributed by atoms with Gasteiger partial charge in [0.1, 0.15) is 0 Å². The first-order valence-corrected chi connectivity index (χ1v) is 6.57. The molecule has 0 saturated heterocycles. The minimum absolute atomic E-state index is 0.479. The topological polar surface area (TPSA) is 50.4 Å². The number of aromatic nitrogens is 3. The van der Waals surface area contributed by atoms with E-state index in [0.717, 1.165) is 16.2 Å². The fraction of sp³-hybridized carbons (Fsp3) is 0.231. The number of imidazole rings is 1. The molecule has 0 amide bonds. The quantitative estimate of drug-likeness (QED) is 0.784. The predicted molar refractivity (Wildman–Crippen MR) is 70.6 cm³/mol. The molecule has 4 nitrogen and oxygen atoms in total. The van der Waals surface area contributed by atoms with Crippen LogP contribution in [-0.4, -0.2) is 19.5 Å². The molecule has 3 aromatic heterocycles. The van der Waals surface area contributed by atoms with Crippen LogP contribution in [-0.2, 0) is 12.0 Å². The van der Waals surface area contributed by atoms with Crippen molar-refractivity contribution in [2.75, 3.05) is 0 Å². The number of nitrogens with zero attached hydrogens (tertiary/aromatic N) is 3. The Labute approximate surface area is 109 Å². The first kappa shape index (κ1) is 11.4. The Balaban J connectivity index is 1.89. The van der Waals surface area contributed by atoms with E-state index < -0.39 is 5.60 Å². The third-order valence-corrected chi connectivity index (χ3v) is 3.72.